The summed E-state index contributed by atoms with van der Waals surface area (Å²) in [5.41, 5.74) is 6.72. The van der Waals surface area contributed by atoms with Crippen molar-refractivity contribution in [2.45, 2.75) is 44.7 Å². The third-order valence-corrected chi connectivity index (χ3v) is 4.37. The SMILES string of the molecule is CC(N)C1CCCCN1CCC(=O)Nc1ccccc1Cl. The Hall–Kier alpha value is -1.10. The number of anilines is 1. The first-order chi connectivity index (χ1) is 10.1. The minimum absolute atomic E-state index is 0.00269. The van der Waals surface area contributed by atoms with Gasteiger partial charge in [0, 0.05) is 25.0 Å². The lowest BCUT2D eigenvalue weighted by Gasteiger charge is -2.37. The number of rotatable bonds is 5. The summed E-state index contributed by atoms with van der Waals surface area (Å²) < 4.78 is 0. The number of piperidine rings is 1. The van der Waals surface area contributed by atoms with Crippen molar-refractivity contribution >= 4 is 23.2 Å². The van der Waals surface area contributed by atoms with Crippen LogP contribution in [0, 0.1) is 0 Å². The molecule has 3 N–H and O–H groups in total. The zero-order valence-electron chi connectivity index (χ0n) is 12.5. The van der Waals surface area contributed by atoms with Crippen LogP contribution in [0.25, 0.3) is 0 Å². The minimum Gasteiger partial charge on any atom is -0.327 e. The van der Waals surface area contributed by atoms with Crippen LogP contribution in [-0.4, -0.2) is 36.0 Å². The quantitative estimate of drug-likeness (QED) is 0.879. The van der Waals surface area contributed by atoms with Crippen LogP contribution < -0.4 is 11.1 Å². The number of benzene rings is 1. The normalized spacial score (nSPS) is 21.0. The van der Waals surface area contributed by atoms with Crippen LogP contribution in [0.5, 0.6) is 0 Å². The zero-order chi connectivity index (χ0) is 15.2. The maximum Gasteiger partial charge on any atom is 0.225 e. The molecule has 2 rings (SSSR count). The lowest BCUT2D eigenvalue weighted by atomic mass is 9.97. The predicted octanol–water partition coefficient (Wildman–Crippen LogP) is 2.87. The van der Waals surface area contributed by atoms with Gasteiger partial charge in [-0.05, 0) is 38.4 Å². The van der Waals surface area contributed by atoms with Crippen molar-refractivity contribution in [3.63, 3.8) is 0 Å². The fraction of sp³-hybridized carbons (Fsp3) is 0.562. The second-order valence-corrected chi connectivity index (χ2v) is 6.14. The first kappa shape index (κ1) is 16.3. The van der Waals surface area contributed by atoms with E-state index in [-0.39, 0.29) is 11.9 Å². The molecule has 5 heteroatoms. The van der Waals surface area contributed by atoms with Crippen LogP contribution in [0.4, 0.5) is 5.69 Å². The van der Waals surface area contributed by atoms with Gasteiger partial charge in [-0.25, -0.2) is 0 Å². The summed E-state index contributed by atoms with van der Waals surface area (Å²) in [4.78, 5) is 14.4. The molecule has 2 atom stereocenters. The molecular formula is C16H24ClN3O. The average Bonchev–Trinajstić information content (AvgIpc) is 2.48. The molecule has 21 heavy (non-hydrogen) atoms. The molecule has 1 aliphatic heterocycles. The van der Waals surface area contributed by atoms with Crippen molar-refractivity contribution in [2.24, 2.45) is 5.73 Å². The fourth-order valence-corrected chi connectivity index (χ4v) is 3.09. The third kappa shape index (κ3) is 4.70. The summed E-state index contributed by atoms with van der Waals surface area (Å²) in [5, 5.41) is 3.43. The fourth-order valence-electron chi connectivity index (χ4n) is 2.91. The monoisotopic (exact) mass is 309 g/mol. The molecular weight excluding hydrogens is 286 g/mol. The van der Waals surface area contributed by atoms with Gasteiger partial charge in [-0.2, -0.15) is 0 Å². The van der Waals surface area contributed by atoms with Crippen LogP contribution in [0.3, 0.4) is 0 Å². The van der Waals surface area contributed by atoms with Gasteiger partial charge in [0.25, 0.3) is 0 Å². The number of nitrogens with two attached hydrogens (primary N) is 1. The summed E-state index contributed by atoms with van der Waals surface area (Å²) in [6.07, 6.45) is 4.02. The van der Waals surface area contributed by atoms with Gasteiger partial charge in [-0.15, -0.1) is 0 Å². The number of nitrogens with zero attached hydrogens (tertiary/aromatic N) is 1. The average molecular weight is 310 g/mol. The Bertz CT molecular complexity index is 478. The molecule has 0 aliphatic carbocycles. The molecule has 1 heterocycles. The van der Waals surface area contributed by atoms with E-state index in [0.29, 0.717) is 23.2 Å². The molecule has 0 saturated carbocycles. The number of hydrogen-bond acceptors (Lipinski definition) is 3. The Labute approximate surface area is 131 Å². The second-order valence-electron chi connectivity index (χ2n) is 5.74. The Morgan fingerprint density at radius 2 is 2.24 bits per heavy atom. The molecule has 0 radical (unpaired) electrons. The minimum atomic E-state index is -0.00269. The van der Waals surface area contributed by atoms with Crippen molar-refractivity contribution in [1.82, 2.24) is 4.90 Å². The number of hydrogen-bond donors (Lipinski definition) is 2. The van der Waals surface area contributed by atoms with Crippen molar-refractivity contribution in [2.75, 3.05) is 18.4 Å². The number of amides is 1. The van der Waals surface area contributed by atoms with Gasteiger partial charge in [-0.1, -0.05) is 30.2 Å². The van der Waals surface area contributed by atoms with Crippen molar-refractivity contribution in [3.05, 3.63) is 29.3 Å². The lowest BCUT2D eigenvalue weighted by Crippen LogP contribution is -2.49. The highest BCUT2D eigenvalue weighted by Crippen LogP contribution is 2.21. The van der Waals surface area contributed by atoms with Gasteiger partial charge in [-0.3, -0.25) is 9.69 Å². The van der Waals surface area contributed by atoms with E-state index in [1.165, 1.54) is 12.8 Å². The Morgan fingerprint density at radius 1 is 1.48 bits per heavy atom. The van der Waals surface area contributed by atoms with E-state index in [1.54, 1.807) is 6.07 Å². The van der Waals surface area contributed by atoms with Gasteiger partial charge < -0.3 is 11.1 Å². The van der Waals surface area contributed by atoms with E-state index in [2.05, 4.69) is 10.2 Å². The smallest absolute Gasteiger partial charge is 0.225 e. The molecule has 1 aromatic rings. The van der Waals surface area contributed by atoms with Crippen LogP contribution in [0.2, 0.25) is 5.02 Å². The van der Waals surface area contributed by atoms with E-state index in [4.69, 9.17) is 17.3 Å². The molecule has 116 valence electrons. The highest BCUT2D eigenvalue weighted by Gasteiger charge is 2.25. The van der Waals surface area contributed by atoms with Crippen LogP contribution in [-0.2, 0) is 4.79 Å². The molecule has 1 amide bonds. The summed E-state index contributed by atoms with van der Waals surface area (Å²) >= 11 is 6.04. The Morgan fingerprint density at radius 3 is 2.95 bits per heavy atom. The molecule has 0 spiro atoms. The largest absolute Gasteiger partial charge is 0.327 e. The van der Waals surface area contributed by atoms with Crippen molar-refractivity contribution < 1.29 is 4.79 Å². The Balaban J connectivity index is 1.84. The maximum atomic E-state index is 12.1. The molecule has 0 aromatic heterocycles. The first-order valence-corrected chi connectivity index (χ1v) is 7.99. The molecule has 1 fully saturated rings. The van der Waals surface area contributed by atoms with Crippen LogP contribution >= 0.6 is 11.6 Å². The van der Waals surface area contributed by atoms with E-state index >= 15 is 0 Å². The number of likely N-dealkylation sites (tertiary alicyclic amines) is 1. The topological polar surface area (TPSA) is 58.4 Å². The van der Waals surface area contributed by atoms with Gasteiger partial charge in [0.05, 0.1) is 10.7 Å². The number of nitrogens with one attached hydrogen (secondary N) is 1. The molecule has 1 saturated heterocycles. The number of para-hydroxylation sites is 1. The van der Waals surface area contributed by atoms with Crippen molar-refractivity contribution in [1.29, 1.82) is 0 Å². The number of carbonyl (C=O) groups is 1. The second kappa shape index (κ2) is 7.78. The van der Waals surface area contributed by atoms with E-state index < -0.39 is 0 Å². The van der Waals surface area contributed by atoms with E-state index in [0.717, 1.165) is 19.5 Å². The molecule has 1 aromatic carbocycles. The number of carbonyl (C=O) groups excluding carboxylic acids is 1. The van der Waals surface area contributed by atoms with Crippen LogP contribution in [0.1, 0.15) is 32.6 Å². The van der Waals surface area contributed by atoms with Gasteiger partial charge >= 0.3 is 0 Å². The van der Waals surface area contributed by atoms with E-state index in [1.807, 2.05) is 25.1 Å². The Kier molecular flexibility index (Phi) is 6.03. The molecule has 2 unspecified atom stereocenters. The summed E-state index contributed by atoms with van der Waals surface area (Å²) in [5.74, 6) is -0.00269. The van der Waals surface area contributed by atoms with E-state index in [9.17, 15) is 4.79 Å². The number of halogens is 1. The zero-order valence-corrected chi connectivity index (χ0v) is 13.3. The van der Waals surface area contributed by atoms with Gasteiger partial charge in [0.1, 0.15) is 0 Å². The predicted molar refractivity (Wildman–Crippen MR) is 87.6 cm³/mol. The third-order valence-electron chi connectivity index (χ3n) is 4.05. The van der Waals surface area contributed by atoms with Crippen LogP contribution in [0.15, 0.2) is 24.3 Å². The molecule has 1 aliphatic rings. The summed E-state index contributed by atoms with van der Waals surface area (Å²) in [7, 11) is 0. The lowest BCUT2D eigenvalue weighted by molar-refractivity contribution is -0.116. The standard InChI is InChI=1S/C16H24ClN3O/c1-12(18)15-8-4-5-10-20(15)11-9-16(21)19-14-7-3-2-6-13(14)17/h2-3,6-7,12,15H,4-5,8-11,18H2,1H3,(H,19,21). The maximum absolute atomic E-state index is 12.1. The highest BCUT2D eigenvalue weighted by molar-refractivity contribution is 6.33. The summed E-state index contributed by atoms with van der Waals surface area (Å²) in [6.45, 7) is 3.83. The molecule has 0 bridgehead atoms. The molecule has 4 nitrogen and oxygen atoms in total. The summed E-state index contributed by atoms with van der Waals surface area (Å²) in [6, 6.07) is 7.83. The highest BCUT2D eigenvalue weighted by atomic mass is 35.5. The first-order valence-electron chi connectivity index (χ1n) is 7.62. The van der Waals surface area contributed by atoms with Gasteiger partial charge in [0.15, 0.2) is 0 Å². The van der Waals surface area contributed by atoms with Crippen molar-refractivity contribution in [3.8, 4) is 0 Å². The van der Waals surface area contributed by atoms with Gasteiger partial charge in [0.2, 0.25) is 5.91 Å².